The Balaban J connectivity index is 1.50. The molecule has 1 aliphatic rings. The first-order valence-electron chi connectivity index (χ1n) is 8.56. The Morgan fingerprint density at radius 1 is 1.16 bits per heavy atom. The molecule has 25 heavy (non-hydrogen) atoms. The Morgan fingerprint density at radius 2 is 2.00 bits per heavy atom. The minimum Gasteiger partial charge on any atom is -0.480 e. The number of hydrogen-bond acceptors (Lipinski definition) is 6. The molecule has 0 amide bonds. The molecule has 0 atom stereocenters. The lowest BCUT2D eigenvalue weighted by atomic mass is 9.96. The van der Waals surface area contributed by atoms with Crippen LogP contribution < -0.4 is 4.74 Å². The zero-order chi connectivity index (χ0) is 17.4. The van der Waals surface area contributed by atoms with E-state index in [9.17, 15) is 0 Å². The van der Waals surface area contributed by atoms with Crippen LogP contribution in [-0.2, 0) is 26.5 Å². The summed E-state index contributed by atoms with van der Waals surface area (Å²) < 4.78 is 12.9. The molecule has 0 saturated carbocycles. The number of rotatable bonds is 4. The Hall–Kier alpha value is -2.70. The van der Waals surface area contributed by atoms with Gasteiger partial charge in [0, 0.05) is 12.7 Å². The quantitative estimate of drug-likeness (QED) is 0.727. The molecule has 0 radical (unpaired) electrons. The summed E-state index contributed by atoms with van der Waals surface area (Å²) in [6.45, 7) is 4.09. The van der Waals surface area contributed by atoms with Crippen molar-refractivity contribution in [2.75, 3.05) is 0 Å². The standard InChI is InChI=1S/C18H21N5O2/c1-11-17(12(2)23(3)21-11)24-10-16-20-18(22-25-16)15-9-8-13-6-4-5-7-14(13)19-15/h8-9H,4-7,10H2,1-3H3. The monoisotopic (exact) mass is 339 g/mol. The predicted molar refractivity (Wildman–Crippen MR) is 91.2 cm³/mol. The second-order valence-corrected chi connectivity index (χ2v) is 6.43. The van der Waals surface area contributed by atoms with Crippen LogP contribution in [-0.4, -0.2) is 24.9 Å². The number of fused-ring (bicyclic) bond motifs is 1. The van der Waals surface area contributed by atoms with Crippen molar-refractivity contribution in [3.63, 3.8) is 0 Å². The number of hydrogen-bond donors (Lipinski definition) is 0. The molecule has 0 N–H and O–H groups in total. The molecule has 7 nitrogen and oxygen atoms in total. The highest BCUT2D eigenvalue weighted by Crippen LogP contribution is 2.24. The minimum absolute atomic E-state index is 0.214. The van der Waals surface area contributed by atoms with Gasteiger partial charge in [-0.25, -0.2) is 4.98 Å². The van der Waals surface area contributed by atoms with Gasteiger partial charge >= 0.3 is 0 Å². The van der Waals surface area contributed by atoms with Crippen molar-refractivity contribution in [3.05, 3.63) is 40.7 Å². The molecule has 1 aliphatic carbocycles. The van der Waals surface area contributed by atoms with Crippen molar-refractivity contribution in [1.82, 2.24) is 24.9 Å². The highest BCUT2D eigenvalue weighted by atomic mass is 16.5. The topological polar surface area (TPSA) is 78.9 Å². The zero-order valence-corrected chi connectivity index (χ0v) is 14.7. The van der Waals surface area contributed by atoms with E-state index in [4.69, 9.17) is 14.2 Å². The molecule has 0 spiro atoms. The lowest BCUT2D eigenvalue weighted by Crippen LogP contribution is -2.05. The molecule has 0 fully saturated rings. The van der Waals surface area contributed by atoms with Crippen LogP contribution >= 0.6 is 0 Å². The van der Waals surface area contributed by atoms with Gasteiger partial charge in [-0.1, -0.05) is 11.2 Å². The largest absolute Gasteiger partial charge is 0.480 e. The molecule has 0 bridgehead atoms. The van der Waals surface area contributed by atoms with Crippen molar-refractivity contribution >= 4 is 0 Å². The lowest BCUT2D eigenvalue weighted by molar-refractivity contribution is 0.240. The summed E-state index contributed by atoms with van der Waals surface area (Å²) in [6, 6.07) is 4.10. The maximum absolute atomic E-state index is 5.81. The molecular weight excluding hydrogens is 318 g/mol. The lowest BCUT2D eigenvalue weighted by Gasteiger charge is -2.14. The van der Waals surface area contributed by atoms with E-state index in [1.807, 2.05) is 27.0 Å². The van der Waals surface area contributed by atoms with Crippen molar-refractivity contribution in [1.29, 1.82) is 0 Å². The second kappa shape index (κ2) is 6.31. The van der Waals surface area contributed by atoms with E-state index in [2.05, 4.69) is 21.3 Å². The van der Waals surface area contributed by atoms with Crippen LogP contribution in [0.25, 0.3) is 11.5 Å². The van der Waals surface area contributed by atoms with Gasteiger partial charge in [0.15, 0.2) is 12.4 Å². The molecule has 130 valence electrons. The Labute approximate surface area is 146 Å². The van der Waals surface area contributed by atoms with Gasteiger partial charge in [0.25, 0.3) is 5.89 Å². The Kier molecular flexibility index (Phi) is 3.99. The average Bonchev–Trinajstić information content (AvgIpc) is 3.18. The third-order valence-corrected chi connectivity index (χ3v) is 4.66. The van der Waals surface area contributed by atoms with Gasteiger partial charge < -0.3 is 9.26 Å². The van der Waals surface area contributed by atoms with Crippen molar-refractivity contribution in [2.45, 2.75) is 46.1 Å². The van der Waals surface area contributed by atoms with Gasteiger partial charge in [-0.2, -0.15) is 10.1 Å². The first-order valence-corrected chi connectivity index (χ1v) is 8.56. The van der Waals surface area contributed by atoms with E-state index < -0.39 is 0 Å². The van der Waals surface area contributed by atoms with Crippen molar-refractivity contribution in [3.8, 4) is 17.3 Å². The van der Waals surface area contributed by atoms with Gasteiger partial charge in [0.05, 0.1) is 5.69 Å². The van der Waals surface area contributed by atoms with Gasteiger partial charge in [0.2, 0.25) is 5.82 Å². The van der Waals surface area contributed by atoms with Crippen molar-refractivity contribution < 1.29 is 9.26 Å². The maximum atomic E-state index is 5.81. The molecule has 0 aromatic carbocycles. The van der Waals surface area contributed by atoms with E-state index >= 15 is 0 Å². The van der Waals surface area contributed by atoms with E-state index in [1.165, 1.54) is 18.4 Å². The third kappa shape index (κ3) is 3.01. The smallest absolute Gasteiger partial charge is 0.264 e. The van der Waals surface area contributed by atoms with Crippen molar-refractivity contribution in [2.24, 2.45) is 7.05 Å². The second-order valence-electron chi connectivity index (χ2n) is 6.43. The highest BCUT2D eigenvalue weighted by Gasteiger charge is 2.16. The molecule has 7 heteroatoms. The first-order chi connectivity index (χ1) is 12.1. The molecule has 0 unspecified atom stereocenters. The number of ether oxygens (including phenoxy) is 1. The average molecular weight is 339 g/mol. The molecule has 4 rings (SSSR count). The molecule has 0 saturated heterocycles. The SMILES string of the molecule is Cc1nn(C)c(C)c1OCc1nc(-c2ccc3c(n2)CCCC3)no1. The van der Waals surface area contributed by atoms with Gasteiger partial charge in [0.1, 0.15) is 11.4 Å². The predicted octanol–water partition coefficient (Wildman–Crippen LogP) is 2.94. The van der Waals surface area contributed by atoms with E-state index in [-0.39, 0.29) is 6.61 Å². The Bertz CT molecular complexity index is 912. The first kappa shape index (κ1) is 15.8. The summed E-state index contributed by atoms with van der Waals surface area (Å²) in [7, 11) is 1.89. The summed E-state index contributed by atoms with van der Waals surface area (Å²) in [5, 5.41) is 8.38. The van der Waals surface area contributed by atoms with Gasteiger partial charge in [-0.3, -0.25) is 4.68 Å². The summed E-state index contributed by atoms with van der Waals surface area (Å²) in [6.07, 6.45) is 4.57. The Morgan fingerprint density at radius 3 is 2.80 bits per heavy atom. The van der Waals surface area contributed by atoms with Crippen LogP contribution in [0.15, 0.2) is 16.7 Å². The third-order valence-electron chi connectivity index (χ3n) is 4.66. The molecule has 3 aromatic heterocycles. The number of aryl methyl sites for hydroxylation is 4. The molecule has 3 heterocycles. The summed E-state index contributed by atoms with van der Waals surface area (Å²) in [5.74, 6) is 1.69. The molecule has 3 aromatic rings. The summed E-state index contributed by atoms with van der Waals surface area (Å²) in [5.41, 5.74) is 5.06. The fourth-order valence-electron chi connectivity index (χ4n) is 3.22. The van der Waals surface area contributed by atoms with E-state index in [0.717, 1.165) is 41.4 Å². The number of aromatic nitrogens is 5. The zero-order valence-electron chi connectivity index (χ0n) is 14.7. The fourth-order valence-corrected chi connectivity index (χ4v) is 3.22. The van der Waals surface area contributed by atoms with E-state index in [1.54, 1.807) is 4.68 Å². The van der Waals surface area contributed by atoms with Crippen LogP contribution in [0.1, 0.15) is 41.4 Å². The maximum Gasteiger partial charge on any atom is 0.264 e. The van der Waals surface area contributed by atoms with Crippen LogP contribution in [0.3, 0.4) is 0 Å². The van der Waals surface area contributed by atoms with Gasteiger partial charge in [-0.15, -0.1) is 0 Å². The van der Waals surface area contributed by atoms with Crippen LogP contribution in [0.5, 0.6) is 5.75 Å². The molecular formula is C18H21N5O2. The normalized spacial score (nSPS) is 13.7. The molecule has 0 aliphatic heterocycles. The summed E-state index contributed by atoms with van der Waals surface area (Å²) in [4.78, 5) is 9.13. The minimum atomic E-state index is 0.214. The van der Waals surface area contributed by atoms with Crippen LogP contribution in [0, 0.1) is 13.8 Å². The number of pyridine rings is 1. The fraction of sp³-hybridized carbons (Fsp3) is 0.444. The summed E-state index contributed by atoms with van der Waals surface area (Å²) >= 11 is 0. The van der Waals surface area contributed by atoms with E-state index in [0.29, 0.717) is 11.7 Å². The highest BCUT2D eigenvalue weighted by molar-refractivity contribution is 5.49. The van der Waals surface area contributed by atoms with Crippen LogP contribution in [0.4, 0.5) is 0 Å². The van der Waals surface area contributed by atoms with Crippen LogP contribution in [0.2, 0.25) is 0 Å². The number of nitrogens with zero attached hydrogens (tertiary/aromatic N) is 5. The van der Waals surface area contributed by atoms with Gasteiger partial charge in [-0.05, 0) is 51.2 Å².